The van der Waals surface area contributed by atoms with Crippen LogP contribution in [0.15, 0.2) is 23.2 Å². The van der Waals surface area contributed by atoms with Crippen molar-refractivity contribution in [2.45, 2.75) is 13.1 Å². The number of likely N-dealkylation sites (tertiary alicyclic amines) is 1. The second kappa shape index (κ2) is 4.81. The number of aryl methyl sites for hydroxylation is 1. The van der Waals surface area contributed by atoms with Crippen molar-refractivity contribution >= 4 is 15.9 Å². The topological polar surface area (TPSA) is 51.8 Å². The van der Waals surface area contributed by atoms with E-state index < -0.39 is 0 Å². The maximum atomic E-state index is 4.28. The van der Waals surface area contributed by atoms with Crippen molar-refractivity contribution in [2.75, 3.05) is 13.1 Å². The molecule has 0 aliphatic carbocycles. The molecule has 7 heteroatoms. The van der Waals surface area contributed by atoms with Gasteiger partial charge in [-0.1, -0.05) is 0 Å². The van der Waals surface area contributed by atoms with Gasteiger partial charge in [0.25, 0.3) is 0 Å². The summed E-state index contributed by atoms with van der Waals surface area (Å²) in [4.78, 5) is 6.62. The molecular weight excluding hydrogens is 296 g/mol. The SMILES string of the molecule is Cn1ncnc1CN1CC(Cn2cc(Br)cn2)C1. The molecule has 0 unspecified atom stereocenters. The zero-order chi connectivity index (χ0) is 12.5. The molecule has 6 nitrogen and oxygen atoms in total. The smallest absolute Gasteiger partial charge is 0.140 e. The van der Waals surface area contributed by atoms with Crippen molar-refractivity contribution in [1.82, 2.24) is 29.4 Å². The van der Waals surface area contributed by atoms with Crippen LogP contribution in [0.25, 0.3) is 0 Å². The number of hydrogen-bond acceptors (Lipinski definition) is 4. The van der Waals surface area contributed by atoms with Crippen LogP contribution in [0, 0.1) is 5.92 Å². The number of aromatic nitrogens is 5. The summed E-state index contributed by atoms with van der Waals surface area (Å²) >= 11 is 3.41. The Balaban J connectivity index is 1.47. The quantitative estimate of drug-likeness (QED) is 0.842. The Kier molecular flexibility index (Phi) is 3.17. The highest BCUT2D eigenvalue weighted by Gasteiger charge is 2.27. The van der Waals surface area contributed by atoms with Crippen LogP contribution >= 0.6 is 15.9 Å². The van der Waals surface area contributed by atoms with Crippen LogP contribution in [0.4, 0.5) is 0 Å². The summed E-state index contributed by atoms with van der Waals surface area (Å²) < 4.78 is 4.87. The molecule has 96 valence electrons. The molecule has 0 spiro atoms. The van der Waals surface area contributed by atoms with E-state index in [4.69, 9.17) is 0 Å². The third-order valence-corrected chi connectivity index (χ3v) is 3.66. The Morgan fingerprint density at radius 1 is 1.39 bits per heavy atom. The van der Waals surface area contributed by atoms with Crippen molar-refractivity contribution < 1.29 is 0 Å². The molecule has 0 saturated carbocycles. The highest BCUT2D eigenvalue weighted by Crippen LogP contribution is 2.19. The van der Waals surface area contributed by atoms with Gasteiger partial charge in [0.1, 0.15) is 12.2 Å². The predicted octanol–water partition coefficient (Wildman–Crippen LogP) is 0.906. The maximum Gasteiger partial charge on any atom is 0.140 e. The molecule has 18 heavy (non-hydrogen) atoms. The first kappa shape index (κ1) is 11.9. The van der Waals surface area contributed by atoms with Gasteiger partial charge in [-0.25, -0.2) is 4.98 Å². The lowest BCUT2D eigenvalue weighted by molar-refractivity contribution is 0.0739. The van der Waals surface area contributed by atoms with E-state index in [1.165, 1.54) is 0 Å². The molecule has 1 aliphatic heterocycles. The summed E-state index contributed by atoms with van der Waals surface area (Å²) in [6.07, 6.45) is 5.45. The highest BCUT2D eigenvalue weighted by atomic mass is 79.9. The molecule has 0 N–H and O–H groups in total. The predicted molar refractivity (Wildman–Crippen MR) is 69.7 cm³/mol. The van der Waals surface area contributed by atoms with Crippen molar-refractivity contribution in [3.8, 4) is 0 Å². The van der Waals surface area contributed by atoms with Gasteiger partial charge in [-0.15, -0.1) is 0 Å². The fourth-order valence-electron chi connectivity index (χ4n) is 2.29. The van der Waals surface area contributed by atoms with Gasteiger partial charge in [-0.2, -0.15) is 10.2 Å². The third kappa shape index (κ3) is 2.46. The van der Waals surface area contributed by atoms with E-state index in [2.05, 4.69) is 36.0 Å². The van der Waals surface area contributed by atoms with E-state index in [-0.39, 0.29) is 0 Å². The molecule has 0 bridgehead atoms. The monoisotopic (exact) mass is 310 g/mol. The third-order valence-electron chi connectivity index (χ3n) is 3.25. The molecule has 0 atom stereocenters. The Morgan fingerprint density at radius 3 is 2.83 bits per heavy atom. The summed E-state index contributed by atoms with van der Waals surface area (Å²) in [7, 11) is 1.93. The number of halogens is 1. The average Bonchev–Trinajstić information content (AvgIpc) is 2.86. The van der Waals surface area contributed by atoms with Gasteiger partial charge >= 0.3 is 0 Å². The van der Waals surface area contributed by atoms with Crippen LogP contribution in [0.5, 0.6) is 0 Å². The molecule has 1 saturated heterocycles. The lowest BCUT2D eigenvalue weighted by atomic mass is 10.0. The van der Waals surface area contributed by atoms with E-state index in [1.807, 2.05) is 28.8 Å². The molecule has 0 aromatic carbocycles. The molecule has 3 rings (SSSR count). The summed E-state index contributed by atoms with van der Waals surface area (Å²) in [5, 5.41) is 8.35. The highest BCUT2D eigenvalue weighted by molar-refractivity contribution is 9.10. The summed E-state index contributed by atoms with van der Waals surface area (Å²) in [5.74, 6) is 1.71. The summed E-state index contributed by atoms with van der Waals surface area (Å²) in [6, 6.07) is 0. The van der Waals surface area contributed by atoms with Gasteiger partial charge in [-0.3, -0.25) is 14.3 Å². The first-order valence-electron chi connectivity index (χ1n) is 5.94. The van der Waals surface area contributed by atoms with Crippen LogP contribution in [0.2, 0.25) is 0 Å². The Morgan fingerprint density at radius 2 is 2.22 bits per heavy atom. The minimum Gasteiger partial charge on any atom is -0.295 e. The molecule has 0 radical (unpaired) electrons. The number of nitrogens with zero attached hydrogens (tertiary/aromatic N) is 6. The average molecular weight is 311 g/mol. The minimum absolute atomic E-state index is 0.685. The molecule has 2 aromatic heterocycles. The van der Waals surface area contributed by atoms with Crippen molar-refractivity contribution in [2.24, 2.45) is 13.0 Å². The first-order valence-corrected chi connectivity index (χ1v) is 6.73. The van der Waals surface area contributed by atoms with Gasteiger partial charge in [0.15, 0.2) is 0 Å². The maximum absolute atomic E-state index is 4.28. The largest absolute Gasteiger partial charge is 0.295 e. The lowest BCUT2D eigenvalue weighted by Crippen LogP contribution is -2.48. The Bertz CT molecular complexity index is 527. The molecule has 3 heterocycles. The van der Waals surface area contributed by atoms with E-state index in [1.54, 1.807) is 6.33 Å². The van der Waals surface area contributed by atoms with Gasteiger partial charge in [0.2, 0.25) is 0 Å². The normalized spacial score (nSPS) is 17.0. The molecular formula is C11H15BrN6. The standard InChI is InChI=1S/C11H15BrN6/c1-16-11(13-8-15-16)7-17-3-9(4-17)5-18-6-10(12)2-14-18/h2,6,8-9H,3-5,7H2,1H3. The van der Waals surface area contributed by atoms with Crippen molar-refractivity contribution in [3.05, 3.63) is 29.0 Å². The van der Waals surface area contributed by atoms with Crippen molar-refractivity contribution in [1.29, 1.82) is 0 Å². The van der Waals surface area contributed by atoms with Crippen molar-refractivity contribution in [3.63, 3.8) is 0 Å². The zero-order valence-electron chi connectivity index (χ0n) is 10.2. The van der Waals surface area contributed by atoms with Gasteiger partial charge in [-0.05, 0) is 15.9 Å². The second-order valence-corrected chi connectivity index (χ2v) is 5.66. The number of hydrogen-bond donors (Lipinski definition) is 0. The fourth-order valence-corrected chi connectivity index (χ4v) is 2.62. The summed E-state index contributed by atoms with van der Waals surface area (Å²) in [5.41, 5.74) is 0. The first-order chi connectivity index (χ1) is 8.70. The van der Waals surface area contributed by atoms with Gasteiger partial charge in [0, 0.05) is 38.8 Å². The van der Waals surface area contributed by atoms with Crippen LogP contribution < -0.4 is 0 Å². The fraction of sp³-hybridized carbons (Fsp3) is 0.545. The summed E-state index contributed by atoms with van der Waals surface area (Å²) in [6.45, 7) is 4.07. The van der Waals surface area contributed by atoms with E-state index in [9.17, 15) is 0 Å². The van der Waals surface area contributed by atoms with Gasteiger partial charge < -0.3 is 0 Å². The second-order valence-electron chi connectivity index (χ2n) is 4.74. The van der Waals surface area contributed by atoms with E-state index in [0.717, 1.165) is 36.5 Å². The van der Waals surface area contributed by atoms with Crippen LogP contribution in [-0.2, 0) is 20.1 Å². The zero-order valence-corrected chi connectivity index (χ0v) is 11.8. The molecule has 1 fully saturated rings. The van der Waals surface area contributed by atoms with Crippen LogP contribution in [0.3, 0.4) is 0 Å². The van der Waals surface area contributed by atoms with E-state index in [0.29, 0.717) is 5.92 Å². The molecule has 0 amide bonds. The minimum atomic E-state index is 0.685. The number of rotatable bonds is 4. The van der Waals surface area contributed by atoms with Gasteiger partial charge in [0.05, 0.1) is 17.2 Å². The van der Waals surface area contributed by atoms with Crippen LogP contribution in [0.1, 0.15) is 5.82 Å². The van der Waals surface area contributed by atoms with E-state index >= 15 is 0 Å². The Hall–Kier alpha value is -1.21. The molecule has 1 aliphatic rings. The Labute approximate surface area is 114 Å². The van der Waals surface area contributed by atoms with Crippen LogP contribution in [-0.4, -0.2) is 42.5 Å². The lowest BCUT2D eigenvalue weighted by Gasteiger charge is -2.38. The molecule has 2 aromatic rings.